The Labute approximate surface area is 101 Å². The maximum Gasteiger partial charge on any atom is 0.255 e. The van der Waals surface area contributed by atoms with Crippen LogP contribution >= 0.6 is 0 Å². The lowest BCUT2D eigenvalue weighted by atomic mass is 10.1. The molecular formula is C13H18N2O2. The average molecular weight is 234 g/mol. The molecule has 0 saturated heterocycles. The lowest BCUT2D eigenvalue weighted by Gasteiger charge is -2.10. The van der Waals surface area contributed by atoms with Crippen LogP contribution in [0.2, 0.25) is 0 Å². The summed E-state index contributed by atoms with van der Waals surface area (Å²) in [5.41, 5.74) is 6.74. The van der Waals surface area contributed by atoms with Crippen LogP contribution in [-0.4, -0.2) is 19.6 Å². The van der Waals surface area contributed by atoms with Crippen molar-refractivity contribution in [1.29, 1.82) is 0 Å². The lowest BCUT2D eigenvalue weighted by Crippen LogP contribution is -2.26. The molecule has 17 heavy (non-hydrogen) atoms. The number of nitrogens with two attached hydrogens (primary N) is 1. The van der Waals surface area contributed by atoms with Gasteiger partial charge in [-0.25, -0.2) is 0 Å². The zero-order valence-electron chi connectivity index (χ0n) is 10.2. The van der Waals surface area contributed by atoms with Crippen molar-refractivity contribution in [3.8, 4) is 5.75 Å². The highest BCUT2D eigenvalue weighted by molar-refractivity contribution is 5.98. The van der Waals surface area contributed by atoms with Crippen molar-refractivity contribution in [3.63, 3.8) is 0 Å². The van der Waals surface area contributed by atoms with Gasteiger partial charge in [0.05, 0.1) is 18.4 Å². The Morgan fingerprint density at radius 3 is 2.88 bits per heavy atom. The van der Waals surface area contributed by atoms with Crippen LogP contribution < -0.4 is 15.8 Å². The van der Waals surface area contributed by atoms with Crippen LogP contribution in [0, 0.1) is 11.8 Å². The highest BCUT2D eigenvalue weighted by Crippen LogP contribution is 2.37. The fourth-order valence-corrected chi connectivity index (χ4v) is 1.96. The van der Waals surface area contributed by atoms with E-state index in [1.54, 1.807) is 18.2 Å². The van der Waals surface area contributed by atoms with E-state index in [-0.39, 0.29) is 5.91 Å². The number of carbonyl (C=O) groups is 1. The van der Waals surface area contributed by atoms with Gasteiger partial charge in [-0.05, 0) is 30.4 Å². The number of nitrogens with one attached hydrogen (secondary N) is 1. The number of rotatable bonds is 4. The third-order valence-corrected chi connectivity index (χ3v) is 3.30. The highest BCUT2D eigenvalue weighted by Gasteiger charge is 2.32. The molecule has 3 N–H and O–H groups in total. The first-order valence-electron chi connectivity index (χ1n) is 5.84. The third-order valence-electron chi connectivity index (χ3n) is 3.30. The first kappa shape index (κ1) is 11.8. The van der Waals surface area contributed by atoms with E-state index in [9.17, 15) is 4.79 Å². The molecule has 1 aromatic carbocycles. The molecule has 1 saturated carbocycles. The van der Waals surface area contributed by atoms with Gasteiger partial charge in [0, 0.05) is 6.54 Å². The summed E-state index contributed by atoms with van der Waals surface area (Å²) in [4.78, 5) is 12.0. The summed E-state index contributed by atoms with van der Waals surface area (Å²) in [6.45, 7) is 2.93. The summed E-state index contributed by atoms with van der Waals surface area (Å²) in [7, 11) is 1.52. The van der Waals surface area contributed by atoms with E-state index in [0.717, 1.165) is 12.5 Å². The van der Waals surface area contributed by atoms with Gasteiger partial charge in [-0.15, -0.1) is 0 Å². The maximum atomic E-state index is 12.0. The minimum atomic E-state index is -0.117. The van der Waals surface area contributed by atoms with E-state index in [1.807, 2.05) is 0 Å². The molecular weight excluding hydrogens is 216 g/mol. The monoisotopic (exact) mass is 234 g/mol. The minimum Gasteiger partial charge on any atom is -0.494 e. The Morgan fingerprint density at radius 2 is 2.29 bits per heavy atom. The van der Waals surface area contributed by atoms with Gasteiger partial charge in [0.25, 0.3) is 5.91 Å². The Balaban J connectivity index is 2.05. The fraction of sp³-hybridized carbons (Fsp3) is 0.462. The van der Waals surface area contributed by atoms with Crippen molar-refractivity contribution < 1.29 is 9.53 Å². The number of carbonyl (C=O) groups excluding carboxylic acids is 1. The van der Waals surface area contributed by atoms with Gasteiger partial charge in [-0.2, -0.15) is 0 Å². The molecule has 0 spiro atoms. The number of nitrogen functional groups attached to an aromatic ring is 1. The van der Waals surface area contributed by atoms with Crippen molar-refractivity contribution in [2.45, 2.75) is 13.3 Å². The first-order chi connectivity index (χ1) is 8.13. The van der Waals surface area contributed by atoms with Gasteiger partial charge >= 0.3 is 0 Å². The van der Waals surface area contributed by atoms with E-state index >= 15 is 0 Å². The molecule has 2 rings (SSSR count). The summed E-state index contributed by atoms with van der Waals surface area (Å²) in [6.07, 6.45) is 1.20. The van der Waals surface area contributed by atoms with Gasteiger partial charge in [0.2, 0.25) is 0 Å². The van der Waals surface area contributed by atoms with Crippen LogP contribution in [0.15, 0.2) is 18.2 Å². The molecule has 4 heteroatoms. The average Bonchev–Trinajstić information content (AvgIpc) is 3.02. The fourth-order valence-electron chi connectivity index (χ4n) is 1.96. The Morgan fingerprint density at radius 1 is 1.59 bits per heavy atom. The molecule has 2 unspecified atom stereocenters. The molecule has 0 radical (unpaired) electrons. The zero-order chi connectivity index (χ0) is 12.4. The van der Waals surface area contributed by atoms with E-state index in [0.29, 0.717) is 22.9 Å². The van der Waals surface area contributed by atoms with Crippen molar-refractivity contribution in [2.24, 2.45) is 11.8 Å². The molecule has 4 nitrogen and oxygen atoms in total. The van der Waals surface area contributed by atoms with Crippen molar-refractivity contribution >= 4 is 11.6 Å². The number of ether oxygens (including phenoxy) is 1. The molecule has 1 aliphatic carbocycles. The number of amides is 1. The number of anilines is 1. The van der Waals surface area contributed by atoms with E-state index in [1.165, 1.54) is 13.5 Å². The number of methoxy groups -OCH3 is 1. The summed E-state index contributed by atoms with van der Waals surface area (Å²) >= 11 is 0. The number of hydrogen-bond donors (Lipinski definition) is 2. The normalized spacial score (nSPS) is 22.0. The quantitative estimate of drug-likeness (QED) is 0.779. The van der Waals surface area contributed by atoms with E-state index in [4.69, 9.17) is 10.5 Å². The first-order valence-corrected chi connectivity index (χ1v) is 5.84. The predicted molar refractivity (Wildman–Crippen MR) is 67.0 cm³/mol. The Hall–Kier alpha value is -1.71. The minimum absolute atomic E-state index is 0.117. The van der Waals surface area contributed by atoms with E-state index in [2.05, 4.69) is 12.2 Å². The zero-order valence-corrected chi connectivity index (χ0v) is 10.2. The van der Waals surface area contributed by atoms with Crippen LogP contribution in [0.5, 0.6) is 5.75 Å². The summed E-state index contributed by atoms with van der Waals surface area (Å²) in [5, 5.41) is 2.92. The van der Waals surface area contributed by atoms with Gasteiger partial charge in [-0.3, -0.25) is 4.79 Å². The summed E-state index contributed by atoms with van der Waals surface area (Å²) in [6, 6.07) is 5.20. The van der Waals surface area contributed by atoms with Gasteiger partial charge in [0.15, 0.2) is 5.75 Å². The van der Waals surface area contributed by atoms with Gasteiger partial charge in [-0.1, -0.05) is 13.0 Å². The SMILES string of the molecule is COc1c(N)cccc1C(=O)NCC1CC1C. The van der Waals surface area contributed by atoms with Gasteiger partial charge in [0.1, 0.15) is 0 Å². The maximum absolute atomic E-state index is 12.0. The smallest absolute Gasteiger partial charge is 0.255 e. The molecule has 1 aromatic rings. The predicted octanol–water partition coefficient (Wildman–Crippen LogP) is 1.66. The molecule has 0 bridgehead atoms. The van der Waals surface area contributed by atoms with Crippen LogP contribution in [0.1, 0.15) is 23.7 Å². The molecule has 0 aromatic heterocycles. The van der Waals surface area contributed by atoms with Crippen molar-refractivity contribution in [1.82, 2.24) is 5.32 Å². The Bertz CT molecular complexity index is 431. The molecule has 1 aliphatic rings. The molecule has 1 amide bonds. The van der Waals surface area contributed by atoms with Crippen LogP contribution in [0.4, 0.5) is 5.69 Å². The molecule has 92 valence electrons. The molecule has 2 atom stereocenters. The summed E-state index contributed by atoms with van der Waals surface area (Å²) < 4.78 is 5.15. The third kappa shape index (κ3) is 2.52. The van der Waals surface area contributed by atoms with Crippen LogP contribution in [-0.2, 0) is 0 Å². The number of hydrogen-bond acceptors (Lipinski definition) is 3. The summed E-state index contributed by atoms with van der Waals surface area (Å²) in [5.74, 6) is 1.70. The van der Waals surface area contributed by atoms with Gasteiger partial charge < -0.3 is 15.8 Å². The standard InChI is InChI=1S/C13H18N2O2/c1-8-6-9(8)7-15-13(16)10-4-3-5-11(14)12(10)17-2/h3-5,8-9H,6-7,14H2,1-2H3,(H,15,16). The van der Waals surface area contributed by atoms with Crippen molar-refractivity contribution in [2.75, 3.05) is 19.4 Å². The lowest BCUT2D eigenvalue weighted by molar-refractivity contribution is 0.0948. The largest absolute Gasteiger partial charge is 0.494 e. The van der Waals surface area contributed by atoms with E-state index < -0.39 is 0 Å². The molecule has 0 aliphatic heterocycles. The molecule has 0 heterocycles. The topological polar surface area (TPSA) is 64.3 Å². The molecule has 1 fully saturated rings. The number of benzene rings is 1. The Kier molecular flexibility index (Phi) is 3.22. The second kappa shape index (κ2) is 4.65. The van der Waals surface area contributed by atoms with Crippen LogP contribution in [0.25, 0.3) is 0 Å². The number of para-hydroxylation sites is 1. The highest BCUT2D eigenvalue weighted by atomic mass is 16.5. The van der Waals surface area contributed by atoms with Crippen molar-refractivity contribution in [3.05, 3.63) is 23.8 Å². The second-order valence-corrected chi connectivity index (χ2v) is 4.61. The second-order valence-electron chi connectivity index (χ2n) is 4.61. The van der Waals surface area contributed by atoms with Crippen LogP contribution in [0.3, 0.4) is 0 Å².